The van der Waals surface area contributed by atoms with Gasteiger partial charge in [0.1, 0.15) is 36.1 Å². The standard InChI is InChI=1S/C12H15BrN4O4/c1-14-10-7-5(13)2-17(11(7)16-4-15-10)12-9(20)8(19)6(3-18)21-12/h2,4,6,8-9,12,18-20H,3H2,1H3,(H,14,15,16)/t6-,8+,9-,12+/m0/s1. The Hall–Kier alpha value is -1.26. The third kappa shape index (κ3) is 2.21. The summed E-state index contributed by atoms with van der Waals surface area (Å²) in [6.07, 6.45) is -0.851. The number of halogens is 1. The van der Waals surface area contributed by atoms with Gasteiger partial charge in [0.05, 0.1) is 12.0 Å². The van der Waals surface area contributed by atoms with Crippen molar-refractivity contribution in [3.63, 3.8) is 0 Å². The number of ether oxygens (including phenoxy) is 1. The van der Waals surface area contributed by atoms with Crippen LogP contribution in [0, 0.1) is 0 Å². The van der Waals surface area contributed by atoms with Crippen LogP contribution in [0.15, 0.2) is 17.0 Å². The first-order valence-electron chi connectivity index (χ1n) is 6.39. The van der Waals surface area contributed by atoms with Crippen LogP contribution in [0.3, 0.4) is 0 Å². The number of anilines is 1. The molecule has 4 N–H and O–H groups in total. The Morgan fingerprint density at radius 2 is 2.14 bits per heavy atom. The zero-order valence-electron chi connectivity index (χ0n) is 11.1. The lowest BCUT2D eigenvalue weighted by Crippen LogP contribution is -2.33. The highest BCUT2D eigenvalue weighted by atomic mass is 79.9. The number of aliphatic hydroxyl groups excluding tert-OH is 3. The summed E-state index contributed by atoms with van der Waals surface area (Å²) >= 11 is 3.43. The summed E-state index contributed by atoms with van der Waals surface area (Å²) in [4.78, 5) is 8.35. The molecule has 3 heterocycles. The van der Waals surface area contributed by atoms with E-state index >= 15 is 0 Å². The molecule has 0 spiro atoms. The molecular weight excluding hydrogens is 344 g/mol. The molecule has 1 fully saturated rings. The predicted molar refractivity (Wildman–Crippen MR) is 77.8 cm³/mol. The van der Waals surface area contributed by atoms with Gasteiger partial charge in [-0.25, -0.2) is 9.97 Å². The second kappa shape index (κ2) is 5.50. The summed E-state index contributed by atoms with van der Waals surface area (Å²) in [7, 11) is 1.75. The molecule has 2 aromatic rings. The Morgan fingerprint density at radius 1 is 1.38 bits per heavy atom. The molecule has 21 heavy (non-hydrogen) atoms. The van der Waals surface area contributed by atoms with E-state index in [0.29, 0.717) is 11.5 Å². The van der Waals surface area contributed by atoms with Gasteiger partial charge in [0.25, 0.3) is 0 Å². The fourth-order valence-electron chi connectivity index (χ4n) is 2.53. The number of aliphatic hydroxyl groups is 3. The molecular formula is C12H15BrN4O4. The van der Waals surface area contributed by atoms with Crippen molar-refractivity contribution < 1.29 is 20.1 Å². The third-order valence-corrected chi connectivity index (χ3v) is 4.19. The third-order valence-electron chi connectivity index (χ3n) is 3.59. The van der Waals surface area contributed by atoms with Gasteiger partial charge in [0.15, 0.2) is 6.23 Å². The van der Waals surface area contributed by atoms with Crippen molar-refractivity contribution in [2.45, 2.75) is 24.5 Å². The number of nitrogens with one attached hydrogen (secondary N) is 1. The van der Waals surface area contributed by atoms with Crippen molar-refractivity contribution in [3.8, 4) is 0 Å². The molecule has 1 aliphatic rings. The van der Waals surface area contributed by atoms with E-state index in [1.807, 2.05) is 0 Å². The maximum Gasteiger partial charge on any atom is 0.164 e. The maximum absolute atomic E-state index is 10.1. The second-order valence-corrected chi connectivity index (χ2v) is 5.64. The molecule has 1 saturated heterocycles. The minimum atomic E-state index is -1.15. The number of nitrogens with zero attached hydrogens (tertiary/aromatic N) is 3. The molecule has 0 amide bonds. The van der Waals surface area contributed by atoms with E-state index in [-0.39, 0.29) is 6.61 Å². The molecule has 0 unspecified atom stereocenters. The highest BCUT2D eigenvalue weighted by Gasteiger charge is 2.44. The van der Waals surface area contributed by atoms with Crippen LogP contribution in [-0.4, -0.2) is 61.8 Å². The van der Waals surface area contributed by atoms with E-state index in [1.165, 1.54) is 6.33 Å². The van der Waals surface area contributed by atoms with Crippen LogP contribution in [0.1, 0.15) is 6.23 Å². The monoisotopic (exact) mass is 358 g/mol. The number of hydrogen-bond acceptors (Lipinski definition) is 7. The molecule has 4 atom stereocenters. The molecule has 114 valence electrons. The summed E-state index contributed by atoms with van der Waals surface area (Å²) < 4.78 is 7.88. The highest BCUT2D eigenvalue weighted by Crippen LogP contribution is 2.36. The van der Waals surface area contributed by atoms with Gasteiger partial charge in [0, 0.05) is 17.7 Å². The molecule has 1 aliphatic heterocycles. The Kier molecular flexibility index (Phi) is 3.84. The minimum Gasteiger partial charge on any atom is -0.394 e. The van der Waals surface area contributed by atoms with Crippen molar-refractivity contribution in [2.75, 3.05) is 19.0 Å². The van der Waals surface area contributed by atoms with E-state index in [4.69, 9.17) is 9.84 Å². The van der Waals surface area contributed by atoms with Crippen molar-refractivity contribution in [1.82, 2.24) is 14.5 Å². The molecule has 9 heteroatoms. The van der Waals surface area contributed by atoms with E-state index < -0.39 is 24.5 Å². The molecule has 0 saturated carbocycles. The van der Waals surface area contributed by atoms with Crippen molar-refractivity contribution in [2.24, 2.45) is 0 Å². The fourth-order valence-corrected chi connectivity index (χ4v) is 3.12. The van der Waals surface area contributed by atoms with Gasteiger partial charge in [-0.15, -0.1) is 0 Å². The van der Waals surface area contributed by atoms with Crippen LogP contribution in [0.4, 0.5) is 5.82 Å². The van der Waals surface area contributed by atoms with E-state index in [9.17, 15) is 10.2 Å². The van der Waals surface area contributed by atoms with Crippen LogP contribution < -0.4 is 5.32 Å². The smallest absolute Gasteiger partial charge is 0.164 e. The molecule has 0 aliphatic carbocycles. The second-order valence-electron chi connectivity index (χ2n) is 4.78. The lowest BCUT2D eigenvalue weighted by molar-refractivity contribution is -0.0509. The quantitative estimate of drug-likeness (QED) is 0.603. The number of hydrogen-bond donors (Lipinski definition) is 4. The van der Waals surface area contributed by atoms with E-state index in [1.54, 1.807) is 17.8 Å². The summed E-state index contributed by atoms with van der Waals surface area (Å²) in [5.74, 6) is 0.636. The maximum atomic E-state index is 10.1. The first-order valence-corrected chi connectivity index (χ1v) is 7.19. The topological polar surface area (TPSA) is 113 Å². The SMILES string of the molecule is CNc1ncnc2c1c(Br)cn2[C@@H]1O[C@@H](CO)[C@@H](O)[C@@H]1O. The number of rotatable bonds is 3. The van der Waals surface area contributed by atoms with Crippen LogP contribution in [0.2, 0.25) is 0 Å². The molecule has 0 aromatic carbocycles. The first kappa shape index (κ1) is 14.7. The summed E-state index contributed by atoms with van der Waals surface area (Å²) in [6.45, 7) is -0.369. The van der Waals surface area contributed by atoms with Crippen LogP contribution in [0.5, 0.6) is 0 Å². The normalized spacial score (nSPS) is 29.2. The highest BCUT2D eigenvalue weighted by molar-refractivity contribution is 9.10. The summed E-state index contributed by atoms with van der Waals surface area (Å²) in [6, 6.07) is 0. The predicted octanol–water partition coefficient (Wildman–Crippen LogP) is -0.153. The van der Waals surface area contributed by atoms with E-state index in [2.05, 4.69) is 31.2 Å². The zero-order valence-corrected chi connectivity index (χ0v) is 12.7. The van der Waals surface area contributed by atoms with Gasteiger partial charge in [-0.05, 0) is 15.9 Å². The van der Waals surface area contributed by atoms with Gasteiger partial charge in [-0.1, -0.05) is 0 Å². The fraction of sp³-hybridized carbons (Fsp3) is 0.500. The van der Waals surface area contributed by atoms with Crippen LogP contribution >= 0.6 is 15.9 Å². The molecule has 8 nitrogen and oxygen atoms in total. The van der Waals surface area contributed by atoms with Crippen molar-refractivity contribution in [1.29, 1.82) is 0 Å². The molecule has 3 rings (SSSR count). The molecule has 0 bridgehead atoms. The van der Waals surface area contributed by atoms with Crippen LogP contribution in [-0.2, 0) is 4.74 Å². The lowest BCUT2D eigenvalue weighted by Gasteiger charge is -2.17. The Balaban J connectivity index is 2.10. The minimum absolute atomic E-state index is 0.369. The zero-order chi connectivity index (χ0) is 15.1. The average Bonchev–Trinajstić information content (AvgIpc) is 2.98. The van der Waals surface area contributed by atoms with E-state index in [0.717, 1.165) is 9.86 Å². The first-order chi connectivity index (χ1) is 10.1. The average molecular weight is 359 g/mol. The van der Waals surface area contributed by atoms with Gasteiger partial charge < -0.3 is 29.9 Å². The molecule has 0 radical (unpaired) electrons. The Labute approximate surface area is 128 Å². The summed E-state index contributed by atoms with van der Waals surface area (Å²) in [5, 5.41) is 32.9. The van der Waals surface area contributed by atoms with Gasteiger partial charge in [-0.2, -0.15) is 0 Å². The van der Waals surface area contributed by atoms with Crippen molar-refractivity contribution in [3.05, 3.63) is 17.0 Å². The summed E-state index contributed by atoms with van der Waals surface area (Å²) in [5.41, 5.74) is 0.552. The Bertz CT molecular complexity index is 664. The lowest BCUT2D eigenvalue weighted by atomic mass is 10.1. The van der Waals surface area contributed by atoms with Crippen molar-refractivity contribution >= 4 is 32.8 Å². The van der Waals surface area contributed by atoms with Gasteiger partial charge >= 0.3 is 0 Å². The van der Waals surface area contributed by atoms with Crippen LogP contribution in [0.25, 0.3) is 11.0 Å². The van der Waals surface area contributed by atoms with Gasteiger partial charge in [0.2, 0.25) is 0 Å². The number of fused-ring (bicyclic) bond motifs is 1. The Morgan fingerprint density at radius 3 is 2.76 bits per heavy atom. The largest absolute Gasteiger partial charge is 0.394 e. The molecule has 2 aromatic heterocycles. The van der Waals surface area contributed by atoms with Gasteiger partial charge in [-0.3, -0.25) is 0 Å². The number of aromatic nitrogens is 3.